The fourth-order valence-corrected chi connectivity index (χ4v) is 3.29. The van der Waals surface area contributed by atoms with Gasteiger partial charge in [0.25, 0.3) is 0 Å². The number of hydrogen-bond acceptors (Lipinski definition) is 2. The number of carbonyl (C=O) groups excluding carboxylic acids is 1. The second-order valence-electron chi connectivity index (χ2n) is 6.48. The highest BCUT2D eigenvalue weighted by molar-refractivity contribution is 5.81. The standard InChI is InChI=1S/C17H21NO3/c19-15(13-6-7-14(10-13)16(20)21)18-17(8-9-17)11-12-4-2-1-3-5-12/h1-5,13-14H,6-11H2,(H,18,19)(H,20,21)/t13-,14+/m0/s1. The van der Waals surface area contributed by atoms with Gasteiger partial charge in [0.1, 0.15) is 0 Å². The fraction of sp³-hybridized carbons (Fsp3) is 0.529. The third-order valence-corrected chi connectivity index (χ3v) is 4.78. The molecule has 2 saturated carbocycles. The van der Waals surface area contributed by atoms with Crippen molar-refractivity contribution in [3.8, 4) is 0 Å². The molecule has 1 aromatic rings. The van der Waals surface area contributed by atoms with Crippen molar-refractivity contribution in [2.24, 2.45) is 11.8 Å². The van der Waals surface area contributed by atoms with E-state index in [9.17, 15) is 9.59 Å². The number of nitrogens with one attached hydrogen (secondary N) is 1. The first kappa shape index (κ1) is 14.1. The van der Waals surface area contributed by atoms with Crippen LogP contribution < -0.4 is 5.32 Å². The Morgan fingerprint density at radius 2 is 1.81 bits per heavy atom. The summed E-state index contributed by atoms with van der Waals surface area (Å²) in [4.78, 5) is 23.3. The molecule has 21 heavy (non-hydrogen) atoms. The average Bonchev–Trinajstić information content (AvgIpc) is 3.03. The van der Waals surface area contributed by atoms with Crippen molar-refractivity contribution in [3.05, 3.63) is 35.9 Å². The minimum absolute atomic E-state index is 0.0483. The van der Waals surface area contributed by atoms with E-state index in [1.54, 1.807) is 0 Å². The average molecular weight is 287 g/mol. The quantitative estimate of drug-likeness (QED) is 0.873. The summed E-state index contributed by atoms with van der Waals surface area (Å²) in [7, 11) is 0. The molecule has 0 spiro atoms. The second-order valence-corrected chi connectivity index (χ2v) is 6.48. The molecule has 0 aliphatic heterocycles. The van der Waals surface area contributed by atoms with E-state index in [1.165, 1.54) is 5.56 Å². The molecule has 112 valence electrons. The van der Waals surface area contributed by atoms with E-state index in [0.717, 1.165) is 19.3 Å². The summed E-state index contributed by atoms with van der Waals surface area (Å²) in [6, 6.07) is 10.2. The fourth-order valence-electron chi connectivity index (χ4n) is 3.29. The van der Waals surface area contributed by atoms with E-state index in [1.807, 2.05) is 18.2 Å². The zero-order chi connectivity index (χ0) is 14.9. The second kappa shape index (κ2) is 5.51. The highest BCUT2D eigenvalue weighted by Crippen LogP contribution is 2.40. The Kier molecular flexibility index (Phi) is 3.70. The van der Waals surface area contributed by atoms with Gasteiger partial charge in [0.2, 0.25) is 5.91 Å². The van der Waals surface area contributed by atoms with Crippen LogP contribution in [0.5, 0.6) is 0 Å². The summed E-state index contributed by atoms with van der Waals surface area (Å²) in [5.41, 5.74) is 1.16. The first-order chi connectivity index (χ1) is 10.1. The highest BCUT2D eigenvalue weighted by atomic mass is 16.4. The molecule has 1 aromatic carbocycles. The van der Waals surface area contributed by atoms with Gasteiger partial charge in [0.05, 0.1) is 5.92 Å². The van der Waals surface area contributed by atoms with E-state index < -0.39 is 5.97 Å². The maximum Gasteiger partial charge on any atom is 0.306 e. The van der Waals surface area contributed by atoms with Gasteiger partial charge in [-0.15, -0.1) is 0 Å². The van der Waals surface area contributed by atoms with E-state index in [2.05, 4.69) is 17.4 Å². The Balaban J connectivity index is 1.57. The van der Waals surface area contributed by atoms with E-state index in [0.29, 0.717) is 19.3 Å². The molecule has 0 radical (unpaired) electrons. The number of rotatable bonds is 5. The first-order valence-electron chi connectivity index (χ1n) is 7.67. The lowest BCUT2D eigenvalue weighted by molar-refractivity contribution is -0.141. The van der Waals surface area contributed by atoms with Crippen molar-refractivity contribution in [2.75, 3.05) is 0 Å². The zero-order valence-corrected chi connectivity index (χ0v) is 12.0. The summed E-state index contributed by atoms with van der Waals surface area (Å²) < 4.78 is 0. The number of carboxylic acids is 1. The molecule has 2 aliphatic rings. The van der Waals surface area contributed by atoms with Gasteiger partial charge in [-0.25, -0.2) is 0 Å². The molecule has 0 aromatic heterocycles. The lowest BCUT2D eigenvalue weighted by Gasteiger charge is -2.20. The Hall–Kier alpha value is -1.84. The van der Waals surface area contributed by atoms with Crippen LogP contribution in [-0.4, -0.2) is 22.5 Å². The van der Waals surface area contributed by atoms with Crippen LogP contribution >= 0.6 is 0 Å². The summed E-state index contributed by atoms with van der Waals surface area (Å²) in [6.07, 6.45) is 4.71. The maximum absolute atomic E-state index is 12.4. The molecule has 2 aliphatic carbocycles. The van der Waals surface area contributed by atoms with Crippen LogP contribution in [0.4, 0.5) is 0 Å². The van der Waals surface area contributed by atoms with Crippen LogP contribution in [0.3, 0.4) is 0 Å². The molecule has 2 fully saturated rings. The minimum Gasteiger partial charge on any atom is -0.481 e. The van der Waals surface area contributed by atoms with Gasteiger partial charge in [-0.1, -0.05) is 30.3 Å². The third kappa shape index (κ3) is 3.26. The van der Waals surface area contributed by atoms with Crippen molar-refractivity contribution >= 4 is 11.9 Å². The van der Waals surface area contributed by atoms with E-state index in [-0.39, 0.29) is 23.3 Å². The summed E-state index contributed by atoms with van der Waals surface area (Å²) >= 11 is 0. The van der Waals surface area contributed by atoms with Crippen LogP contribution in [0.2, 0.25) is 0 Å². The molecule has 4 nitrogen and oxygen atoms in total. The number of carbonyl (C=O) groups is 2. The van der Waals surface area contributed by atoms with Gasteiger partial charge in [0, 0.05) is 11.5 Å². The Morgan fingerprint density at radius 3 is 2.38 bits per heavy atom. The number of carboxylic acid groups (broad SMARTS) is 1. The molecule has 0 saturated heterocycles. The van der Waals surface area contributed by atoms with Crippen LogP contribution in [0, 0.1) is 11.8 Å². The zero-order valence-electron chi connectivity index (χ0n) is 12.0. The smallest absolute Gasteiger partial charge is 0.306 e. The Morgan fingerprint density at radius 1 is 1.14 bits per heavy atom. The van der Waals surface area contributed by atoms with Gasteiger partial charge >= 0.3 is 5.97 Å². The van der Waals surface area contributed by atoms with Gasteiger partial charge in [0.15, 0.2) is 0 Å². The van der Waals surface area contributed by atoms with Crippen molar-refractivity contribution in [2.45, 2.75) is 44.1 Å². The predicted octanol–water partition coefficient (Wildman–Crippen LogP) is 2.38. The lowest BCUT2D eigenvalue weighted by Crippen LogP contribution is -2.41. The monoisotopic (exact) mass is 287 g/mol. The van der Waals surface area contributed by atoms with Gasteiger partial charge in [-0.05, 0) is 44.1 Å². The van der Waals surface area contributed by atoms with Crippen molar-refractivity contribution in [1.82, 2.24) is 5.32 Å². The maximum atomic E-state index is 12.4. The summed E-state index contributed by atoms with van der Waals surface area (Å²) in [5, 5.41) is 12.2. The molecule has 3 rings (SSSR count). The molecular formula is C17H21NO3. The highest BCUT2D eigenvalue weighted by Gasteiger charge is 2.45. The van der Waals surface area contributed by atoms with E-state index >= 15 is 0 Å². The Labute approximate surface area is 124 Å². The topological polar surface area (TPSA) is 66.4 Å². The Bertz CT molecular complexity index is 536. The number of benzene rings is 1. The molecule has 0 bridgehead atoms. The van der Waals surface area contributed by atoms with Gasteiger partial charge in [-0.2, -0.15) is 0 Å². The van der Waals surface area contributed by atoms with Crippen molar-refractivity contribution in [3.63, 3.8) is 0 Å². The molecule has 2 N–H and O–H groups in total. The minimum atomic E-state index is -0.768. The molecule has 0 heterocycles. The van der Waals surface area contributed by atoms with Gasteiger partial charge in [-0.3, -0.25) is 9.59 Å². The molecule has 2 atom stereocenters. The van der Waals surface area contributed by atoms with Crippen LogP contribution in [0.1, 0.15) is 37.7 Å². The largest absolute Gasteiger partial charge is 0.481 e. The summed E-state index contributed by atoms with van der Waals surface area (Å²) in [6.45, 7) is 0. The van der Waals surface area contributed by atoms with Crippen LogP contribution in [0.15, 0.2) is 30.3 Å². The first-order valence-corrected chi connectivity index (χ1v) is 7.67. The number of amides is 1. The summed E-state index contributed by atoms with van der Waals surface area (Å²) in [5.74, 6) is -1.19. The predicted molar refractivity (Wildman–Crippen MR) is 78.7 cm³/mol. The number of aliphatic carboxylic acids is 1. The SMILES string of the molecule is O=C(O)[C@@H]1CC[C@H](C(=O)NC2(Cc3ccccc3)CC2)C1. The van der Waals surface area contributed by atoms with Crippen LogP contribution in [-0.2, 0) is 16.0 Å². The molecule has 4 heteroatoms. The molecule has 0 unspecified atom stereocenters. The molecule has 1 amide bonds. The molecular weight excluding hydrogens is 266 g/mol. The van der Waals surface area contributed by atoms with E-state index in [4.69, 9.17) is 5.11 Å². The van der Waals surface area contributed by atoms with Crippen molar-refractivity contribution in [1.29, 1.82) is 0 Å². The van der Waals surface area contributed by atoms with Gasteiger partial charge < -0.3 is 10.4 Å². The third-order valence-electron chi connectivity index (χ3n) is 4.78. The lowest BCUT2D eigenvalue weighted by atomic mass is 10.0. The van der Waals surface area contributed by atoms with Crippen molar-refractivity contribution < 1.29 is 14.7 Å². The normalized spacial score (nSPS) is 26.3. The van der Waals surface area contributed by atoms with Crippen LogP contribution in [0.25, 0.3) is 0 Å². The number of hydrogen-bond donors (Lipinski definition) is 2.